The van der Waals surface area contributed by atoms with E-state index in [9.17, 15) is 14.4 Å². The van der Waals surface area contributed by atoms with Gasteiger partial charge in [0, 0.05) is 31.1 Å². The van der Waals surface area contributed by atoms with Gasteiger partial charge in [-0.3, -0.25) is 24.6 Å². The Morgan fingerprint density at radius 1 is 1.03 bits per heavy atom. The Labute approximate surface area is 177 Å². The van der Waals surface area contributed by atoms with Crippen LogP contribution in [0.5, 0.6) is 0 Å². The van der Waals surface area contributed by atoms with Gasteiger partial charge in [-0.15, -0.1) is 0 Å². The number of fused-ring (bicyclic) bond motifs is 1. The first-order valence-electron chi connectivity index (χ1n) is 11.3. The van der Waals surface area contributed by atoms with Crippen LogP contribution in [-0.4, -0.2) is 59.2 Å². The molecule has 4 aliphatic rings. The molecular formula is C23H30N4O3. The third-order valence-corrected chi connectivity index (χ3v) is 7.35. The van der Waals surface area contributed by atoms with Crippen molar-refractivity contribution in [2.45, 2.75) is 63.7 Å². The molecule has 2 N–H and O–H groups in total. The van der Waals surface area contributed by atoms with Crippen LogP contribution < -0.4 is 10.6 Å². The van der Waals surface area contributed by atoms with E-state index in [0.29, 0.717) is 19.0 Å². The summed E-state index contributed by atoms with van der Waals surface area (Å²) in [7, 11) is 0. The molecule has 1 aromatic carbocycles. The zero-order valence-electron chi connectivity index (χ0n) is 17.4. The SMILES string of the molecule is O=C1CCC(N2Cc3cccc(CN4CCCC4C4CCNCC4)c3C2=O)C(=O)N1. The summed E-state index contributed by atoms with van der Waals surface area (Å²) >= 11 is 0. The van der Waals surface area contributed by atoms with Crippen LogP contribution in [0.4, 0.5) is 0 Å². The topological polar surface area (TPSA) is 81.8 Å². The lowest BCUT2D eigenvalue weighted by Gasteiger charge is -2.34. The van der Waals surface area contributed by atoms with E-state index in [-0.39, 0.29) is 24.1 Å². The number of hydrogen-bond donors (Lipinski definition) is 2. The highest BCUT2D eigenvalue weighted by atomic mass is 16.2. The maximum Gasteiger partial charge on any atom is 0.255 e. The summed E-state index contributed by atoms with van der Waals surface area (Å²) in [5.74, 6) is 0.0763. The predicted octanol–water partition coefficient (Wildman–Crippen LogP) is 1.41. The molecule has 0 spiro atoms. The van der Waals surface area contributed by atoms with Crippen LogP contribution >= 0.6 is 0 Å². The number of hydrogen-bond acceptors (Lipinski definition) is 5. The highest BCUT2D eigenvalue weighted by Gasteiger charge is 2.40. The van der Waals surface area contributed by atoms with Crippen molar-refractivity contribution >= 4 is 17.7 Å². The number of imide groups is 1. The van der Waals surface area contributed by atoms with Crippen molar-refractivity contribution in [3.63, 3.8) is 0 Å². The first-order valence-corrected chi connectivity index (χ1v) is 11.3. The Morgan fingerprint density at radius 3 is 2.67 bits per heavy atom. The molecule has 3 saturated heterocycles. The molecule has 160 valence electrons. The number of carbonyl (C=O) groups excluding carboxylic acids is 3. The summed E-state index contributed by atoms with van der Waals surface area (Å²) in [5.41, 5.74) is 2.85. The fourth-order valence-corrected chi connectivity index (χ4v) is 5.85. The predicted molar refractivity (Wildman–Crippen MR) is 112 cm³/mol. The Balaban J connectivity index is 1.35. The molecule has 2 unspecified atom stereocenters. The molecule has 1 aromatic rings. The quantitative estimate of drug-likeness (QED) is 0.734. The van der Waals surface area contributed by atoms with Crippen molar-refractivity contribution in [2.75, 3.05) is 19.6 Å². The third kappa shape index (κ3) is 3.54. The summed E-state index contributed by atoms with van der Waals surface area (Å²) in [6, 6.07) is 6.15. The van der Waals surface area contributed by atoms with E-state index >= 15 is 0 Å². The Morgan fingerprint density at radius 2 is 1.87 bits per heavy atom. The van der Waals surface area contributed by atoms with Gasteiger partial charge in [0.2, 0.25) is 11.8 Å². The maximum absolute atomic E-state index is 13.3. The highest BCUT2D eigenvalue weighted by Crippen LogP contribution is 2.34. The zero-order chi connectivity index (χ0) is 20.7. The molecule has 2 atom stereocenters. The molecule has 7 heteroatoms. The first kappa shape index (κ1) is 19.7. The smallest absolute Gasteiger partial charge is 0.255 e. The number of nitrogens with zero attached hydrogens (tertiary/aromatic N) is 2. The van der Waals surface area contributed by atoms with E-state index in [1.165, 1.54) is 25.7 Å². The molecule has 0 saturated carbocycles. The minimum Gasteiger partial charge on any atom is -0.322 e. The van der Waals surface area contributed by atoms with Crippen LogP contribution in [0.25, 0.3) is 0 Å². The second kappa shape index (κ2) is 8.12. The van der Waals surface area contributed by atoms with Gasteiger partial charge in [-0.2, -0.15) is 0 Å². The summed E-state index contributed by atoms with van der Waals surface area (Å²) in [4.78, 5) is 41.4. The van der Waals surface area contributed by atoms with E-state index < -0.39 is 6.04 Å². The minimum absolute atomic E-state index is 0.0623. The molecule has 5 rings (SSSR count). The van der Waals surface area contributed by atoms with Gasteiger partial charge in [0.1, 0.15) is 6.04 Å². The molecule has 30 heavy (non-hydrogen) atoms. The third-order valence-electron chi connectivity index (χ3n) is 7.35. The number of carbonyl (C=O) groups is 3. The molecule has 3 fully saturated rings. The van der Waals surface area contributed by atoms with Crippen molar-refractivity contribution in [3.8, 4) is 0 Å². The van der Waals surface area contributed by atoms with Crippen molar-refractivity contribution < 1.29 is 14.4 Å². The maximum atomic E-state index is 13.3. The lowest BCUT2D eigenvalue weighted by Crippen LogP contribution is -2.52. The van der Waals surface area contributed by atoms with Gasteiger partial charge in [-0.05, 0) is 68.8 Å². The molecule has 0 radical (unpaired) electrons. The van der Waals surface area contributed by atoms with Gasteiger partial charge in [-0.1, -0.05) is 18.2 Å². The van der Waals surface area contributed by atoms with Gasteiger partial charge >= 0.3 is 0 Å². The Hall–Kier alpha value is -2.25. The van der Waals surface area contributed by atoms with Crippen LogP contribution in [0.3, 0.4) is 0 Å². The number of amides is 3. The normalized spacial score (nSPS) is 28.1. The lowest BCUT2D eigenvalue weighted by molar-refractivity contribution is -0.136. The molecule has 3 amide bonds. The van der Waals surface area contributed by atoms with Crippen molar-refractivity contribution in [3.05, 3.63) is 34.9 Å². The van der Waals surface area contributed by atoms with E-state index in [1.807, 2.05) is 12.1 Å². The molecule has 0 bridgehead atoms. The fraction of sp³-hybridized carbons (Fsp3) is 0.609. The number of piperidine rings is 2. The molecule has 0 aromatic heterocycles. The van der Waals surface area contributed by atoms with Crippen molar-refractivity contribution in [2.24, 2.45) is 5.92 Å². The van der Waals surface area contributed by atoms with E-state index in [4.69, 9.17) is 0 Å². The van der Waals surface area contributed by atoms with Crippen LogP contribution in [0, 0.1) is 5.92 Å². The number of likely N-dealkylation sites (tertiary alicyclic amines) is 1. The summed E-state index contributed by atoms with van der Waals surface area (Å²) in [5, 5.41) is 5.85. The van der Waals surface area contributed by atoms with Gasteiger partial charge in [0.15, 0.2) is 0 Å². The minimum atomic E-state index is -0.551. The summed E-state index contributed by atoms with van der Waals surface area (Å²) in [6.45, 7) is 4.55. The average Bonchev–Trinajstić information content (AvgIpc) is 3.34. The highest BCUT2D eigenvalue weighted by molar-refractivity contribution is 6.05. The molecular weight excluding hydrogens is 380 g/mol. The van der Waals surface area contributed by atoms with Crippen LogP contribution in [0.2, 0.25) is 0 Å². The van der Waals surface area contributed by atoms with E-state index in [0.717, 1.165) is 48.8 Å². The number of nitrogens with one attached hydrogen (secondary N) is 2. The zero-order valence-corrected chi connectivity index (χ0v) is 17.4. The molecule has 4 aliphatic heterocycles. The summed E-state index contributed by atoms with van der Waals surface area (Å²) < 4.78 is 0. The molecule has 4 heterocycles. The Kier molecular flexibility index (Phi) is 5.33. The standard InChI is InChI=1S/C23H30N4O3/c28-20-7-6-19(22(29)25-20)27-14-17-4-1-3-16(21(17)23(27)30)13-26-12-2-5-18(26)15-8-10-24-11-9-15/h1,3-4,15,18-19,24H,2,5-14H2,(H,25,28,29). The largest absolute Gasteiger partial charge is 0.322 e. The van der Waals surface area contributed by atoms with Gasteiger partial charge in [0.05, 0.1) is 0 Å². The second-order valence-electron chi connectivity index (χ2n) is 9.12. The van der Waals surface area contributed by atoms with Crippen LogP contribution in [0.1, 0.15) is 60.0 Å². The Bertz CT molecular complexity index is 864. The number of benzene rings is 1. The molecule has 7 nitrogen and oxygen atoms in total. The van der Waals surface area contributed by atoms with E-state index in [2.05, 4.69) is 21.6 Å². The summed E-state index contributed by atoms with van der Waals surface area (Å²) in [6.07, 6.45) is 5.63. The van der Waals surface area contributed by atoms with Crippen molar-refractivity contribution in [1.29, 1.82) is 0 Å². The average molecular weight is 411 g/mol. The molecule has 0 aliphatic carbocycles. The van der Waals surface area contributed by atoms with Crippen LogP contribution in [-0.2, 0) is 22.7 Å². The van der Waals surface area contributed by atoms with Gasteiger partial charge in [-0.25, -0.2) is 0 Å². The first-order chi connectivity index (χ1) is 14.6. The monoisotopic (exact) mass is 410 g/mol. The number of rotatable bonds is 4. The fourth-order valence-electron chi connectivity index (χ4n) is 5.85. The lowest BCUT2D eigenvalue weighted by atomic mass is 9.88. The van der Waals surface area contributed by atoms with Crippen LogP contribution in [0.15, 0.2) is 18.2 Å². The van der Waals surface area contributed by atoms with Gasteiger partial charge < -0.3 is 10.2 Å². The van der Waals surface area contributed by atoms with Gasteiger partial charge in [0.25, 0.3) is 5.91 Å². The second-order valence-corrected chi connectivity index (χ2v) is 9.12. The van der Waals surface area contributed by atoms with Crippen molar-refractivity contribution in [1.82, 2.24) is 20.4 Å². The van der Waals surface area contributed by atoms with E-state index in [1.54, 1.807) is 4.90 Å².